The van der Waals surface area contributed by atoms with Crippen molar-refractivity contribution in [1.29, 1.82) is 0 Å². The van der Waals surface area contributed by atoms with Gasteiger partial charge < -0.3 is 0 Å². The molecule has 0 aliphatic carbocycles. The van der Waals surface area contributed by atoms with Crippen LogP contribution in [0, 0.1) is 0 Å². The van der Waals surface area contributed by atoms with Crippen LogP contribution in [0.3, 0.4) is 0 Å². The molecule has 0 unspecified atom stereocenters. The lowest BCUT2D eigenvalue weighted by molar-refractivity contribution is 1.27. The van der Waals surface area contributed by atoms with Gasteiger partial charge in [-0.1, -0.05) is 63.7 Å². The molecule has 0 bridgehead atoms. The summed E-state index contributed by atoms with van der Waals surface area (Å²) in [4.78, 5) is 9.62. The molecule has 3 rings (SSSR count). The second-order valence-corrected chi connectivity index (χ2v) is 7.22. The van der Waals surface area contributed by atoms with Crippen molar-refractivity contribution in [3.05, 3.63) is 46.5 Å². The molecule has 1 heterocycles. The van der Waals surface area contributed by atoms with Gasteiger partial charge in [-0.15, -0.1) is 0 Å². The summed E-state index contributed by atoms with van der Waals surface area (Å²) < 4.78 is 0. The number of nitrogens with zero attached hydrogens (tertiary/aromatic N) is 2. The smallest absolute Gasteiger partial charge is 0.0897 e. The van der Waals surface area contributed by atoms with E-state index in [0.717, 1.165) is 43.4 Å². The molecular weight excluding hydrogens is 540 g/mol. The van der Waals surface area contributed by atoms with Crippen LogP contribution in [0.15, 0.2) is 24.3 Å². The molecule has 114 valence electrons. The van der Waals surface area contributed by atoms with Crippen LogP contribution >= 0.6 is 63.7 Å². The minimum Gasteiger partial charge on any atom is -0.244 e. The molecule has 6 heteroatoms. The van der Waals surface area contributed by atoms with Crippen molar-refractivity contribution in [2.45, 2.75) is 21.3 Å². The van der Waals surface area contributed by atoms with Gasteiger partial charge in [0.05, 0.1) is 22.1 Å². The summed E-state index contributed by atoms with van der Waals surface area (Å²) in [6.45, 7) is 0. The fourth-order valence-electron chi connectivity index (χ4n) is 2.44. The molecule has 0 aliphatic heterocycles. The highest BCUT2D eigenvalue weighted by atomic mass is 79.9. The number of fused-ring (bicyclic) bond motifs is 2. The molecule has 0 fully saturated rings. The molecule has 0 saturated heterocycles. The van der Waals surface area contributed by atoms with Crippen molar-refractivity contribution in [3.63, 3.8) is 0 Å². The molecular formula is C16H12Br4N2. The van der Waals surface area contributed by atoms with Gasteiger partial charge in [0.1, 0.15) is 0 Å². The average molecular weight is 552 g/mol. The first-order chi connectivity index (χ1) is 10.7. The predicted molar refractivity (Wildman–Crippen MR) is 108 cm³/mol. The second-order valence-electron chi connectivity index (χ2n) is 4.98. The van der Waals surface area contributed by atoms with Gasteiger partial charge >= 0.3 is 0 Å². The van der Waals surface area contributed by atoms with Crippen molar-refractivity contribution in [2.24, 2.45) is 0 Å². The zero-order valence-corrected chi connectivity index (χ0v) is 17.9. The number of alkyl halides is 4. The molecule has 0 aliphatic rings. The first-order valence-corrected chi connectivity index (χ1v) is 11.2. The SMILES string of the molecule is BrCc1cc2nc3cc(CBr)c(CBr)cc3nc2cc1CBr. The molecule has 0 spiro atoms. The first kappa shape index (κ1) is 16.8. The van der Waals surface area contributed by atoms with Gasteiger partial charge in [0.25, 0.3) is 0 Å². The van der Waals surface area contributed by atoms with Crippen LogP contribution < -0.4 is 0 Å². The summed E-state index contributed by atoms with van der Waals surface area (Å²) in [5, 5.41) is 3.27. The highest BCUT2D eigenvalue weighted by molar-refractivity contribution is 9.09. The Labute approximate surface area is 162 Å². The fraction of sp³-hybridized carbons (Fsp3) is 0.250. The second kappa shape index (κ2) is 7.24. The first-order valence-electron chi connectivity index (χ1n) is 6.69. The topological polar surface area (TPSA) is 25.8 Å². The largest absolute Gasteiger partial charge is 0.244 e. The molecule has 0 N–H and O–H groups in total. The van der Waals surface area contributed by atoms with E-state index >= 15 is 0 Å². The Hall–Kier alpha value is -0.0400. The summed E-state index contributed by atoms with van der Waals surface area (Å²) in [5.41, 5.74) is 8.76. The highest BCUT2D eigenvalue weighted by Crippen LogP contribution is 2.26. The van der Waals surface area contributed by atoms with Gasteiger partial charge in [-0.3, -0.25) is 0 Å². The Kier molecular flexibility index (Phi) is 5.53. The molecule has 2 nitrogen and oxygen atoms in total. The summed E-state index contributed by atoms with van der Waals surface area (Å²) in [7, 11) is 0. The molecule has 0 atom stereocenters. The Balaban J connectivity index is 2.30. The van der Waals surface area contributed by atoms with E-state index in [4.69, 9.17) is 9.97 Å². The van der Waals surface area contributed by atoms with Crippen LogP contribution in [-0.4, -0.2) is 9.97 Å². The maximum absolute atomic E-state index is 4.81. The summed E-state index contributed by atoms with van der Waals surface area (Å²) in [6, 6.07) is 8.50. The van der Waals surface area contributed by atoms with Crippen LogP contribution in [0.25, 0.3) is 22.1 Å². The summed E-state index contributed by atoms with van der Waals surface area (Å²) in [6.07, 6.45) is 0. The van der Waals surface area contributed by atoms with Gasteiger partial charge in [0.15, 0.2) is 0 Å². The zero-order valence-electron chi connectivity index (χ0n) is 11.5. The van der Waals surface area contributed by atoms with E-state index in [9.17, 15) is 0 Å². The number of hydrogen-bond donors (Lipinski definition) is 0. The van der Waals surface area contributed by atoms with Gasteiger partial charge in [0, 0.05) is 21.3 Å². The van der Waals surface area contributed by atoms with E-state index in [1.54, 1.807) is 0 Å². The average Bonchev–Trinajstić information content (AvgIpc) is 2.57. The molecule has 3 aromatic rings. The quantitative estimate of drug-likeness (QED) is 0.278. The predicted octanol–water partition coefficient (Wildman–Crippen LogP) is 6.36. The standard InChI is InChI=1S/C16H12Br4N2/c17-5-9-1-13-14(2-10(9)6-18)22-16-4-12(8-20)11(7-19)3-15(16)21-13/h1-4H,5-8H2. The Bertz CT molecular complexity index is 712. The number of rotatable bonds is 4. The third-order valence-corrected chi connectivity index (χ3v) is 6.07. The van der Waals surface area contributed by atoms with Crippen molar-refractivity contribution in [2.75, 3.05) is 0 Å². The van der Waals surface area contributed by atoms with Crippen LogP contribution in [0.4, 0.5) is 0 Å². The fourth-order valence-corrected chi connectivity index (χ4v) is 4.53. The lowest BCUT2D eigenvalue weighted by Gasteiger charge is -2.10. The van der Waals surface area contributed by atoms with Gasteiger partial charge in [-0.05, 0) is 46.5 Å². The van der Waals surface area contributed by atoms with Crippen LogP contribution in [-0.2, 0) is 21.3 Å². The Morgan fingerprint density at radius 1 is 0.500 bits per heavy atom. The molecule has 2 aromatic carbocycles. The van der Waals surface area contributed by atoms with E-state index < -0.39 is 0 Å². The van der Waals surface area contributed by atoms with Gasteiger partial charge in [-0.2, -0.15) is 0 Å². The van der Waals surface area contributed by atoms with Gasteiger partial charge in [-0.25, -0.2) is 9.97 Å². The van der Waals surface area contributed by atoms with E-state index in [2.05, 4.69) is 88.0 Å². The van der Waals surface area contributed by atoms with E-state index in [-0.39, 0.29) is 0 Å². The minimum absolute atomic E-state index is 0.818. The lowest BCUT2D eigenvalue weighted by Crippen LogP contribution is -1.96. The lowest BCUT2D eigenvalue weighted by atomic mass is 10.1. The minimum atomic E-state index is 0.818. The molecule has 0 radical (unpaired) electrons. The Morgan fingerprint density at radius 2 is 0.727 bits per heavy atom. The Morgan fingerprint density at radius 3 is 0.909 bits per heavy atom. The van der Waals surface area contributed by atoms with Gasteiger partial charge in [0.2, 0.25) is 0 Å². The van der Waals surface area contributed by atoms with Crippen molar-refractivity contribution in [1.82, 2.24) is 9.97 Å². The zero-order chi connectivity index (χ0) is 15.7. The highest BCUT2D eigenvalue weighted by Gasteiger charge is 2.10. The van der Waals surface area contributed by atoms with Crippen LogP contribution in [0.2, 0.25) is 0 Å². The van der Waals surface area contributed by atoms with Crippen LogP contribution in [0.1, 0.15) is 22.3 Å². The third-order valence-electron chi connectivity index (χ3n) is 3.65. The number of hydrogen-bond acceptors (Lipinski definition) is 2. The summed E-state index contributed by atoms with van der Waals surface area (Å²) >= 11 is 14.2. The van der Waals surface area contributed by atoms with E-state index in [1.807, 2.05) is 0 Å². The number of halogens is 4. The maximum Gasteiger partial charge on any atom is 0.0897 e. The van der Waals surface area contributed by atoms with Crippen molar-refractivity contribution in [3.8, 4) is 0 Å². The monoisotopic (exact) mass is 548 g/mol. The third kappa shape index (κ3) is 3.12. The molecule has 0 saturated carbocycles. The molecule has 1 aromatic heterocycles. The maximum atomic E-state index is 4.81. The van der Waals surface area contributed by atoms with E-state index in [1.165, 1.54) is 22.3 Å². The van der Waals surface area contributed by atoms with Crippen molar-refractivity contribution >= 4 is 85.8 Å². The van der Waals surface area contributed by atoms with Crippen LogP contribution in [0.5, 0.6) is 0 Å². The number of aromatic nitrogens is 2. The normalized spacial score (nSPS) is 11.5. The molecule has 22 heavy (non-hydrogen) atoms. The molecule has 0 amide bonds. The van der Waals surface area contributed by atoms with E-state index in [0.29, 0.717) is 0 Å². The number of benzene rings is 2. The van der Waals surface area contributed by atoms with Crippen molar-refractivity contribution < 1.29 is 0 Å². The summed E-state index contributed by atoms with van der Waals surface area (Å²) in [5.74, 6) is 0.